The summed E-state index contributed by atoms with van der Waals surface area (Å²) in [5.41, 5.74) is 5.81. The van der Waals surface area contributed by atoms with Gasteiger partial charge in [0, 0.05) is 11.0 Å². The van der Waals surface area contributed by atoms with Crippen LogP contribution in [0.1, 0.15) is 10.5 Å². The number of aromatic amines is 1. The molecule has 112 valence electrons. The number of amides is 1. The Morgan fingerprint density at radius 3 is 2.71 bits per heavy atom. The molecule has 0 saturated carbocycles. The van der Waals surface area contributed by atoms with Gasteiger partial charge < -0.3 is 11.1 Å². The molecule has 0 radical (unpaired) electrons. The van der Waals surface area contributed by atoms with E-state index < -0.39 is 17.8 Å². The molecule has 5 nitrogen and oxygen atoms in total. The summed E-state index contributed by atoms with van der Waals surface area (Å²) in [5, 5.41) is 8.56. The number of hydrogen-bond acceptors (Lipinski definition) is 4. The van der Waals surface area contributed by atoms with Crippen LogP contribution in [0.3, 0.4) is 0 Å². The zero-order valence-corrected chi connectivity index (χ0v) is 11.4. The summed E-state index contributed by atoms with van der Waals surface area (Å²) in [6.45, 7) is 0. The van der Waals surface area contributed by atoms with E-state index in [1.54, 1.807) is 12.1 Å². The number of halogens is 3. The standard InChI is InChI=1S/C12H11F3N4OS/c13-12(14,15)6-21-9-4-2-1-3-7(9)17-11(20)8-5-10(16)19-18-8/h1-5H,6H2,(H,17,20)(H3,16,18,19). The summed E-state index contributed by atoms with van der Waals surface area (Å²) < 4.78 is 36.8. The van der Waals surface area contributed by atoms with E-state index in [9.17, 15) is 18.0 Å². The van der Waals surface area contributed by atoms with Crippen LogP contribution < -0.4 is 11.1 Å². The van der Waals surface area contributed by atoms with Crippen LogP contribution in [0.25, 0.3) is 0 Å². The first-order chi connectivity index (χ1) is 9.85. The number of nitrogens with one attached hydrogen (secondary N) is 2. The van der Waals surface area contributed by atoms with Crippen LogP contribution in [0, 0.1) is 0 Å². The third-order valence-electron chi connectivity index (χ3n) is 2.37. The van der Waals surface area contributed by atoms with Crippen molar-refractivity contribution in [3.05, 3.63) is 36.0 Å². The summed E-state index contributed by atoms with van der Waals surface area (Å²) in [6, 6.07) is 7.58. The van der Waals surface area contributed by atoms with Crippen molar-refractivity contribution >= 4 is 29.2 Å². The molecule has 0 aliphatic rings. The highest BCUT2D eigenvalue weighted by Crippen LogP contribution is 2.32. The molecule has 0 aliphatic carbocycles. The predicted molar refractivity (Wildman–Crippen MR) is 74.2 cm³/mol. The number of nitrogens with zero attached hydrogens (tertiary/aromatic N) is 1. The van der Waals surface area contributed by atoms with Crippen LogP contribution in [0.15, 0.2) is 35.2 Å². The molecule has 1 aromatic carbocycles. The number of thioether (sulfide) groups is 1. The van der Waals surface area contributed by atoms with Crippen molar-refractivity contribution in [2.75, 3.05) is 16.8 Å². The molecule has 21 heavy (non-hydrogen) atoms. The lowest BCUT2D eigenvalue weighted by Gasteiger charge is -2.11. The van der Waals surface area contributed by atoms with Crippen LogP contribution in [-0.2, 0) is 0 Å². The zero-order chi connectivity index (χ0) is 15.5. The summed E-state index contributed by atoms with van der Waals surface area (Å²) in [4.78, 5) is 12.2. The molecule has 0 aliphatic heterocycles. The van der Waals surface area contributed by atoms with Gasteiger partial charge in [-0.3, -0.25) is 9.89 Å². The van der Waals surface area contributed by atoms with Crippen molar-refractivity contribution in [2.24, 2.45) is 0 Å². The summed E-state index contributed by atoms with van der Waals surface area (Å²) in [6.07, 6.45) is -4.28. The first kappa shape index (κ1) is 15.2. The van der Waals surface area contributed by atoms with Crippen LogP contribution in [0.4, 0.5) is 24.7 Å². The molecular formula is C12H11F3N4OS. The molecule has 0 saturated heterocycles. The Kier molecular flexibility index (Phi) is 4.41. The van der Waals surface area contributed by atoms with Crippen LogP contribution in [0.5, 0.6) is 0 Å². The van der Waals surface area contributed by atoms with Crippen molar-refractivity contribution in [3.8, 4) is 0 Å². The maximum atomic E-state index is 12.3. The molecule has 2 rings (SSSR count). The van der Waals surface area contributed by atoms with Crippen molar-refractivity contribution in [2.45, 2.75) is 11.1 Å². The van der Waals surface area contributed by atoms with Crippen molar-refractivity contribution in [3.63, 3.8) is 0 Å². The third-order valence-corrected chi connectivity index (χ3v) is 3.51. The highest BCUT2D eigenvalue weighted by atomic mass is 32.2. The monoisotopic (exact) mass is 316 g/mol. The minimum Gasteiger partial charge on any atom is -0.382 e. The minimum atomic E-state index is -4.28. The van der Waals surface area contributed by atoms with Crippen molar-refractivity contribution in [1.82, 2.24) is 10.2 Å². The van der Waals surface area contributed by atoms with Gasteiger partial charge >= 0.3 is 6.18 Å². The average molecular weight is 316 g/mol. The number of carbonyl (C=O) groups is 1. The van der Waals surface area contributed by atoms with Gasteiger partial charge in [0.05, 0.1) is 11.4 Å². The van der Waals surface area contributed by atoms with E-state index in [2.05, 4.69) is 15.5 Å². The number of alkyl halides is 3. The van der Waals surface area contributed by atoms with Gasteiger partial charge in [-0.15, -0.1) is 11.8 Å². The fourth-order valence-corrected chi connectivity index (χ4v) is 2.27. The number of hydrogen-bond donors (Lipinski definition) is 3. The molecule has 0 spiro atoms. The lowest BCUT2D eigenvalue weighted by molar-refractivity contribution is -0.105. The number of nitrogen functional groups attached to an aromatic ring is 1. The maximum Gasteiger partial charge on any atom is 0.398 e. The number of aromatic nitrogens is 2. The average Bonchev–Trinajstić information content (AvgIpc) is 2.83. The second-order valence-electron chi connectivity index (χ2n) is 4.06. The Bertz CT molecular complexity index is 641. The van der Waals surface area contributed by atoms with Gasteiger partial charge in [0.25, 0.3) is 5.91 Å². The van der Waals surface area contributed by atoms with Gasteiger partial charge in [-0.25, -0.2) is 0 Å². The van der Waals surface area contributed by atoms with Gasteiger partial charge in [0.1, 0.15) is 11.5 Å². The minimum absolute atomic E-state index is 0.128. The van der Waals surface area contributed by atoms with Gasteiger partial charge in [-0.2, -0.15) is 18.3 Å². The van der Waals surface area contributed by atoms with Crippen LogP contribution in [-0.4, -0.2) is 28.0 Å². The molecule has 1 heterocycles. The van der Waals surface area contributed by atoms with E-state index in [-0.39, 0.29) is 11.5 Å². The quantitative estimate of drug-likeness (QED) is 0.757. The lowest BCUT2D eigenvalue weighted by atomic mass is 10.3. The van der Waals surface area contributed by atoms with Gasteiger partial charge in [-0.1, -0.05) is 12.1 Å². The molecular weight excluding hydrogens is 305 g/mol. The normalized spacial score (nSPS) is 11.4. The van der Waals surface area contributed by atoms with E-state index in [1.165, 1.54) is 18.2 Å². The number of H-pyrrole nitrogens is 1. The van der Waals surface area contributed by atoms with Gasteiger partial charge in [0.15, 0.2) is 0 Å². The SMILES string of the molecule is Nc1cc(C(=O)Nc2ccccc2SCC(F)(F)F)[nH]n1. The van der Waals surface area contributed by atoms with Crippen LogP contribution in [0.2, 0.25) is 0 Å². The number of anilines is 2. The Hall–Kier alpha value is -2.16. The van der Waals surface area contributed by atoms with Gasteiger partial charge in [0.2, 0.25) is 0 Å². The fourth-order valence-electron chi connectivity index (χ4n) is 1.50. The highest BCUT2D eigenvalue weighted by molar-refractivity contribution is 7.99. The summed E-state index contributed by atoms with van der Waals surface area (Å²) in [5.74, 6) is -1.41. The number of benzene rings is 1. The molecule has 9 heteroatoms. The van der Waals surface area contributed by atoms with Crippen molar-refractivity contribution < 1.29 is 18.0 Å². The summed E-state index contributed by atoms with van der Waals surface area (Å²) >= 11 is 0.606. The van der Waals surface area contributed by atoms with E-state index in [4.69, 9.17) is 5.73 Å². The molecule has 0 atom stereocenters. The number of para-hydroxylation sites is 1. The van der Waals surface area contributed by atoms with Crippen molar-refractivity contribution in [1.29, 1.82) is 0 Å². The van der Waals surface area contributed by atoms with Gasteiger partial charge in [-0.05, 0) is 12.1 Å². The topological polar surface area (TPSA) is 83.8 Å². The van der Waals surface area contributed by atoms with E-state index in [0.717, 1.165) is 0 Å². The first-order valence-electron chi connectivity index (χ1n) is 5.76. The molecule has 2 aromatic rings. The largest absolute Gasteiger partial charge is 0.398 e. The molecule has 4 N–H and O–H groups in total. The molecule has 1 amide bonds. The van der Waals surface area contributed by atoms with E-state index in [0.29, 0.717) is 22.3 Å². The molecule has 0 unspecified atom stereocenters. The smallest absolute Gasteiger partial charge is 0.382 e. The molecule has 1 aromatic heterocycles. The summed E-state index contributed by atoms with van der Waals surface area (Å²) in [7, 11) is 0. The molecule has 0 fully saturated rings. The zero-order valence-electron chi connectivity index (χ0n) is 10.6. The fraction of sp³-hybridized carbons (Fsp3) is 0.167. The Morgan fingerprint density at radius 1 is 1.38 bits per heavy atom. The van der Waals surface area contributed by atoms with Crippen LogP contribution >= 0.6 is 11.8 Å². The first-order valence-corrected chi connectivity index (χ1v) is 6.74. The third kappa shape index (κ3) is 4.42. The Labute approximate surface area is 122 Å². The second-order valence-corrected chi connectivity index (χ2v) is 5.08. The second kappa shape index (κ2) is 6.08. The highest BCUT2D eigenvalue weighted by Gasteiger charge is 2.27. The predicted octanol–water partition coefficient (Wildman–Crippen LogP) is 2.90. The molecule has 0 bridgehead atoms. The number of nitrogens with two attached hydrogens (primary N) is 1. The van der Waals surface area contributed by atoms with E-state index >= 15 is 0 Å². The Morgan fingerprint density at radius 2 is 2.10 bits per heavy atom. The maximum absolute atomic E-state index is 12.3. The van der Waals surface area contributed by atoms with E-state index in [1.807, 2.05) is 0 Å². The number of rotatable bonds is 4. The lowest BCUT2D eigenvalue weighted by Crippen LogP contribution is -2.14. The number of carbonyl (C=O) groups excluding carboxylic acids is 1. The Balaban J connectivity index is 2.11.